The molecule has 0 aliphatic carbocycles. The fourth-order valence-corrected chi connectivity index (χ4v) is 0.835. The summed E-state index contributed by atoms with van der Waals surface area (Å²) in [5.41, 5.74) is 0. The van der Waals surface area contributed by atoms with Crippen LogP contribution in [0.2, 0.25) is 0 Å². The molecule has 1 aliphatic rings. The summed E-state index contributed by atoms with van der Waals surface area (Å²) in [5, 5.41) is 9.02. The van der Waals surface area contributed by atoms with Crippen LogP contribution in [-0.2, 0) is 0 Å². The Morgan fingerprint density at radius 3 is 3.00 bits per heavy atom. The molecule has 10 heavy (non-hydrogen) atoms. The van der Waals surface area contributed by atoms with Crippen LogP contribution in [-0.4, -0.2) is 17.4 Å². The Bertz CT molecular complexity index is 174. The molecule has 2 atom stereocenters. The third-order valence-corrected chi connectivity index (χ3v) is 1.57. The van der Waals surface area contributed by atoms with Crippen LogP contribution in [0.4, 0.5) is 4.39 Å². The number of allylic oxidation sites excluding steroid dienone is 1. The molecule has 0 aromatic heterocycles. The smallest absolute Gasteiger partial charge is 0.208 e. The third-order valence-electron chi connectivity index (χ3n) is 1.57. The van der Waals surface area contributed by atoms with E-state index in [4.69, 9.17) is 5.11 Å². The van der Waals surface area contributed by atoms with Crippen LogP contribution < -0.4 is 0 Å². The molecule has 2 nitrogen and oxygen atoms in total. The number of hydrogen-bond acceptors (Lipinski definition) is 2. The van der Waals surface area contributed by atoms with Crippen molar-refractivity contribution in [2.24, 2.45) is 10.9 Å². The highest BCUT2D eigenvalue weighted by Crippen LogP contribution is 2.15. The Balaban J connectivity index is 2.52. The van der Waals surface area contributed by atoms with E-state index in [1.807, 2.05) is 0 Å². The van der Waals surface area contributed by atoms with Crippen molar-refractivity contribution < 1.29 is 9.50 Å². The van der Waals surface area contributed by atoms with Gasteiger partial charge in [-0.25, -0.2) is 4.99 Å². The first-order valence-electron chi connectivity index (χ1n) is 3.28. The van der Waals surface area contributed by atoms with Crippen molar-refractivity contribution in [3.05, 3.63) is 12.0 Å². The van der Waals surface area contributed by atoms with E-state index in [9.17, 15) is 4.39 Å². The van der Waals surface area contributed by atoms with E-state index >= 15 is 0 Å². The maximum atomic E-state index is 12.2. The molecule has 0 spiro atoms. The predicted molar refractivity (Wildman–Crippen MR) is 37.5 cm³/mol. The van der Waals surface area contributed by atoms with Crippen molar-refractivity contribution in [3.8, 4) is 0 Å². The maximum Gasteiger partial charge on any atom is 0.208 e. The highest BCUT2D eigenvalue weighted by molar-refractivity contribution is 5.64. The van der Waals surface area contributed by atoms with Gasteiger partial charge in [0, 0.05) is 12.1 Å². The molecule has 0 saturated heterocycles. The van der Waals surface area contributed by atoms with Crippen LogP contribution in [0.3, 0.4) is 0 Å². The molecule has 2 unspecified atom stereocenters. The van der Waals surface area contributed by atoms with Gasteiger partial charge in [-0.2, -0.15) is 4.39 Å². The molecule has 1 heterocycles. The zero-order chi connectivity index (χ0) is 7.56. The Morgan fingerprint density at radius 1 is 1.90 bits per heavy atom. The first kappa shape index (κ1) is 7.41. The molecule has 1 rings (SSSR count). The van der Waals surface area contributed by atoms with Gasteiger partial charge in [0.1, 0.15) is 0 Å². The van der Waals surface area contributed by atoms with E-state index in [0.717, 1.165) is 0 Å². The van der Waals surface area contributed by atoms with Gasteiger partial charge in [0.2, 0.25) is 5.95 Å². The number of halogens is 1. The van der Waals surface area contributed by atoms with Gasteiger partial charge in [-0.05, 0) is 19.4 Å². The van der Waals surface area contributed by atoms with Gasteiger partial charge in [-0.3, -0.25) is 0 Å². The molecule has 0 aromatic rings. The average Bonchev–Trinajstić information content (AvgIpc) is 1.88. The number of nitrogens with zero attached hydrogens (tertiary/aromatic N) is 1. The molecule has 1 aliphatic heterocycles. The van der Waals surface area contributed by atoms with Crippen molar-refractivity contribution in [1.29, 1.82) is 0 Å². The van der Waals surface area contributed by atoms with Gasteiger partial charge < -0.3 is 5.11 Å². The predicted octanol–water partition coefficient (Wildman–Crippen LogP) is 1.27. The Morgan fingerprint density at radius 2 is 2.60 bits per heavy atom. The summed E-state index contributed by atoms with van der Waals surface area (Å²) in [4.78, 5) is 3.44. The molecule has 0 saturated carbocycles. The Hall–Kier alpha value is -0.700. The van der Waals surface area contributed by atoms with Crippen LogP contribution in [0.5, 0.6) is 0 Å². The highest BCUT2D eigenvalue weighted by Gasteiger charge is 2.14. The van der Waals surface area contributed by atoms with Crippen molar-refractivity contribution in [3.63, 3.8) is 0 Å². The van der Waals surface area contributed by atoms with Crippen LogP contribution in [0.25, 0.3) is 0 Å². The zero-order valence-corrected chi connectivity index (χ0v) is 5.79. The molecule has 0 fully saturated rings. The summed E-state index contributed by atoms with van der Waals surface area (Å²) < 4.78 is 12.2. The zero-order valence-electron chi connectivity index (χ0n) is 5.79. The van der Waals surface area contributed by atoms with Crippen molar-refractivity contribution in [2.75, 3.05) is 0 Å². The topological polar surface area (TPSA) is 32.6 Å². The van der Waals surface area contributed by atoms with Crippen molar-refractivity contribution in [2.45, 2.75) is 19.4 Å². The van der Waals surface area contributed by atoms with Gasteiger partial charge in [0.15, 0.2) is 0 Å². The van der Waals surface area contributed by atoms with Crippen LogP contribution in [0.1, 0.15) is 13.3 Å². The summed E-state index contributed by atoms with van der Waals surface area (Å²) in [6.45, 7) is 1.67. The summed E-state index contributed by atoms with van der Waals surface area (Å²) >= 11 is 0. The first-order chi connectivity index (χ1) is 4.70. The summed E-state index contributed by atoms with van der Waals surface area (Å²) in [6, 6.07) is 0. The molecular weight excluding hydrogens is 133 g/mol. The molecule has 0 radical (unpaired) electrons. The molecule has 1 N–H and O–H groups in total. The second-order valence-electron chi connectivity index (χ2n) is 2.45. The molecule has 0 amide bonds. The molecule has 0 bridgehead atoms. The summed E-state index contributed by atoms with van der Waals surface area (Å²) in [5.74, 6) is -0.462. The van der Waals surface area contributed by atoms with Gasteiger partial charge in [-0.1, -0.05) is 0 Å². The fraction of sp³-hybridized carbons (Fsp3) is 0.571. The van der Waals surface area contributed by atoms with E-state index in [1.54, 1.807) is 6.92 Å². The quantitative estimate of drug-likeness (QED) is 0.551. The minimum atomic E-state index is -0.447. The largest absolute Gasteiger partial charge is 0.393 e. The number of aliphatic hydroxyl groups excluding tert-OH is 1. The number of aliphatic imine (C=N–C) groups is 1. The minimum absolute atomic E-state index is 0.0144. The molecule has 56 valence electrons. The Labute approximate surface area is 59.1 Å². The van der Waals surface area contributed by atoms with Gasteiger partial charge in [0.05, 0.1) is 6.10 Å². The van der Waals surface area contributed by atoms with E-state index in [1.165, 1.54) is 12.3 Å². The fourth-order valence-electron chi connectivity index (χ4n) is 0.835. The van der Waals surface area contributed by atoms with E-state index in [0.29, 0.717) is 6.42 Å². The van der Waals surface area contributed by atoms with Crippen molar-refractivity contribution >= 4 is 6.21 Å². The lowest BCUT2D eigenvalue weighted by atomic mass is 10.00. The summed E-state index contributed by atoms with van der Waals surface area (Å²) in [6.07, 6.45) is 2.96. The van der Waals surface area contributed by atoms with Crippen molar-refractivity contribution in [1.82, 2.24) is 0 Å². The lowest BCUT2D eigenvalue weighted by molar-refractivity contribution is 0.159. The maximum absolute atomic E-state index is 12.2. The van der Waals surface area contributed by atoms with E-state index in [2.05, 4.69) is 4.99 Å². The second kappa shape index (κ2) is 2.92. The highest BCUT2D eigenvalue weighted by atomic mass is 19.1. The SMILES string of the molecule is CC(O)C1C=NC(F)=CC1. The minimum Gasteiger partial charge on any atom is -0.393 e. The number of rotatable bonds is 1. The molecule has 0 aromatic carbocycles. The van der Waals surface area contributed by atoms with E-state index < -0.39 is 12.1 Å². The molecular formula is C7H10FNO. The lowest BCUT2D eigenvalue weighted by Crippen LogP contribution is -2.18. The first-order valence-corrected chi connectivity index (χ1v) is 3.28. The Kier molecular flexibility index (Phi) is 2.17. The lowest BCUT2D eigenvalue weighted by Gasteiger charge is -2.14. The summed E-state index contributed by atoms with van der Waals surface area (Å²) in [7, 11) is 0. The van der Waals surface area contributed by atoms with Crippen LogP contribution in [0.15, 0.2) is 17.0 Å². The number of hydrogen-bond donors (Lipinski definition) is 1. The van der Waals surface area contributed by atoms with Gasteiger partial charge in [0.25, 0.3) is 0 Å². The van der Waals surface area contributed by atoms with E-state index in [-0.39, 0.29) is 5.92 Å². The van der Waals surface area contributed by atoms with Crippen LogP contribution >= 0.6 is 0 Å². The standard InChI is InChI=1S/C7H10FNO/c1-5(10)6-2-3-7(8)9-4-6/h3-6,10H,2H2,1H3. The average molecular weight is 143 g/mol. The molecule has 3 heteroatoms. The van der Waals surface area contributed by atoms with Gasteiger partial charge in [-0.15, -0.1) is 0 Å². The van der Waals surface area contributed by atoms with Gasteiger partial charge >= 0.3 is 0 Å². The van der Waals surface area contributed by atoms with Crippen LogP contribution in [0, 0.1) is 5.92 Å². The normalized spacial score (nSPS) is 27.9. The third kappa shape index (κ3) is 1.64. The second-order valence-corrected chi connectivity index (χ2v) is 2.45. The number of aliphatic hydroxyl groups is 1. The monoisotopic (exact) mass is 143 g/mol.